The summed E-state index contributed by atoms with van der Waals surface area (Å²) < 4.78 is 5.10. The second-order valence-electron chi connectivity index (χ2n) is 5.42. The largest absolute Gasteiger partial charge is 0.476 e. The van der Waals surface area contributed by atoms with Gasteiger partial charge in [-0.1, -0.05) is 28.1 Å². The highest BCUT2D eigenvalue weighted by Crippen LogP contribution is 2.28. The van der Waals surface area contributed by atoms with Crippen LogP contribution in [0.1, 0.15) is 32.9 Å². The number of esters is 1. The maximum absolute atomic E-state index is 11.5. The van der Waals surface area contributed by atoms with Gasteiger partial charge < -0.3 is 20.0 Å². The number of anilines is 1. The first-order chi connectivity index (χ1) is 11.6. The first-order valence-corrected chi connectivity index (χ1v) is 8.04. The van der Waals surface area contributed by atoms with Crippen molar-refractivity contribution >= 4 is 52.1 Å². The van der Waals surface area contributed by atoms with E-state index in [1.807, 2.05) is 0 Å². The maximum Gasteiger partial charge on any atom is 0.360 e. The lowest BCUT2D eigenvalue weighted by molar-refractivity contribution is -0.153. The summed E-state index contributed by atoms with van der Waals surface area (Å²) in [6.45, 7) is 5.21. The quantitative estimate of drug-likeness (QED) is 0.230. The molecule has 136 valence electrons. The Morgan fingerprint density at radius 1 is 1.44 bits per heavy atom. The summed E-state index contributed by atoms with van der Waals surface area (Å²) in [5, 5.41) is 15.0. The number of carbonyl (C=O) groups excluding carboxylic acids is 2. The topological polar surface area (TPSA) is 127 Å². The molecule has 2 N–H and O–H groups in total. The van der Waals surface area contributed by atoms with Crippen molar-refractivity contribution in [2.75, 3.05) is 5.32 Å². The molecule has 0 aliphatic heterocycles. The van der Waals surface area contributed by atoms with Crippen LogP contribution in [0.2, 0.25) is 4.34 Å². The Bertz CT molecular complexity index is 708. The molecule has 1 rings (SSSR count). The first-order valence-electron chi connectivity index (χ1n) is 6.85. The molecule has 1 aromatic rings. The van der Waals surface area contributed by atoms with E-state index >= 15 is 0 Å². The standard InChI is InChI=1S/C14H16ClN3O6S/c1-14(2,3)24-8(20)5-4-6-23-18-10(12(21)22)9-11(15)25-13(17-9)16-7-19/h4,6-7H,5H2,1-3H3,(H,21,22)(H,16,17,19)/b6-4?,18-10-. The summed E-state index contributed by atoms with van der Waals surface area (Å²) in [4.78, 5) is 41.7. The molecule has 0 unspecified atom stereocenters. The Hall–Kier alpha value is -2.46. The van der Waals surface area contributed by atoms with Gasteiger partial charge in [-0.3, -0.25) is 9.59 Å². The number of ether oxygens (including phenoxy) is 1. The lowest BCUT2D eigenvalue weighted by atomic mass is 10.2. The Labute approximate surface area is 152 Å². The average Bonchev–Trinajstić information content (AvgIpc) is 2.81. The molecule has 1 aromatic heterocycles. The third-order valence-electron chi connectivity index (χ3n) is 2.20. The van der Waals surface area contributed by atoms with Gasteiger partial charge in [-0.05, 0) is 26.8 Å². The molecule has 0 fully saturated rings. The molecule has 1 amide bonds. The van der Waals surface area contributed by atoms with Gasteiger partial charge >= 0.3 is 11.9 Å². The molecule has 0 bridgehead atoms. The van der Waals surface area contributed by atoms with Crippen LogP contribution in [0.4, 0.5) is 5.13 Å². The van der Waals surface area contributed by atoms with Gasteiger partial charge in [0, 0.05) is 0 Å². The molecule has 0 saturated carbocycles. The molecule has 0 aliphatic rings. The molecule has 0 spiro atoms. The van der Waals surface area contributed by atoms with E-state index in [4.69, 9.17) is 26.3 Å². The van der Waals surface area contributed by atoms with Crippen LogP contribution >= 0.6 is 22.9 Å². The highest BCUT2D eigenvalue weighted by Gasteiger charge is 2.22. The van der Waals surface area contributed by atoms with Crippen LogP contribution in [0, 0.1) is 0 Å². The lowest BCUT2D eigenvalue weighted by Crippen LogP contribution is -2.23. The van der Waals surface area contributed by atoms with Crippen molar-refractivity contribution in [3.05, 3.63) is 22.4 Å². The first kappa shape index (κ1) is 20.6. The van der Waals surface area contributed by atoms with Crippen LogP contribution < -0.4 is 5.32 Å². The van der Waals surface area contributed by atoms with Gasteiger partial charge in [0.25, 0.3) is 0 Å². The van der Waals surface area contributed by atoms with Gasteiger partial charge in [0.1, 0.15) is 21.9 Å². The Morgan fingerprint density at radius 2 is 2.12 bits per heavy atom. The van der Waals surface area contributed by atoms with Crippen molar-refractivity contribution in [2.24, 2.45) is 5.16 Å². The minimum Gasteiger partial charge on any atom is -0.476 e. The van der Waals surface area contributed by atoms with Crippen molar-refractivity contribution in [1.29, 1.82) is 0 Å². The molecule has 0 saturated heterocycles. The van der Waals surface area contributed by atoms with E-state index in [0.717, 1.165) is 17.6 Å². The van der Waals surface area contributed by atoms with Crippen LogP contribution in [-0.2, 0) is 24.0 Å². The number of oxime groups is 1. The monoisotopic (exact) mass is 389 g/mol. The number of nitrogens with zero attached hydrogens (tertiary/aromatic N) is 2. The van der Waals surface area contributed by atoms with Crippen molar-refractivity contribution in [1.82, 2.24) is 4.98 Å². The SMILES string of the molecule is CC(C)(C)OC(=O)CC=CO/N=C(\C(=O)O)c1nc(NC=O)sc1Cl. The fraction of sp³-hybridized carbons (Fsp3) is 0.357. The highest BCUT2D eigenvalue weighted by atomic mass is 35.5. The predicted molar refractivity (Wildman–Crippen MR) is 91.7 cm³/mol. The fourth-order valence-electron chi connectivity index (χ4n) is 1.40. The van der Waals surface area contributed by atoms with Gasteiger partial charge in [0.2, 0.25) is 12.1 Å². The Balaban J connectivity index is 2.74. The van der Waals surface area contributed by atoms with Crippen LogP contribution in [-0.4, -0.2) is 39.8 Å². The van der Waals surface area contributed by atoms with Crippen LogP contribution in [0.15, 0.2) is 17.5 Å². The molecule has 0 aromatic carbocycles. The zero-order valence-corrected chi connectivity index (χ0v) is 15.2. The number of hydrogen-bond donors (Lipinski definition) is 2. The van der Waals surface area contributed by atoms with Crippen LogP contribution in [0.3, 0.4) is 0 Å². The summed E-state index contributed by atoms with van der Waals surface area (Å²) in [7, 11) is 0. The van der Waals surface area contributed by atoms with Crippen LogP contribution in [0.25, 0.3) is 0 Å². The number of aliphatic carboxylic acids is 1. The summed E-state index contributed by atoms with van der Waals surface area (Å²) in [6, 6.07) is 0. The van der Waals surface area contributed by atoms with Crippen molar-refractivity contribution < 1.29 is 29.1 Å². The van der Waals surface area contributed by atoms with E-state index in [9.17, 15) is 14.4 Å². The Morgan fingerprint density at radius 3 is 2.68 bits per heavy atom. The molecule has 1 heterocycles. The number of carbonyl (C=O) groups is 3. The van der Waals surface area contributed by atoms with E-state index in [-0.39, 0.29) is 21.6 Å². The van der Waals surface area contributed by atoms with Gasteiger partial charge in [-0.15, -0.1) is 0 Å². The zero-order chi connectivity index (χ0) is 19.0. The predicted octanol–water partition coefficient (Wildman–Crippen LogP) is 2.42. The second-order valence-corrected chi connectivity index (χ2v) is 7.02. The number of amides is 1. The number of aromatic nitrogens is 1. The molecule has 0 atom stereocenters. The van der Waals surface area contributed by atoms with Gasteiger partial charge in [-0.2, -0.15) is 0 Å². The fourth-order valence-corrected chi connectivity index (χ4v) is 2.40. The minimum absolute atomic E-state index is 0.0202. The molecule has 0 aliphatic carbocycles. The zero-order valence-electron chi connectivity index (χ0n) is 13.6. The number of rotatable bonds is 8. The molecule has 11 heteroatoms. The number of thiazole rings is 1. The Kier molecular flexibility index (Phi) is 7.52. The van der Waals surface area contributed by atoms with Gasteiger partial charge in [0.05, 0.1) is 6.42 Å². The third-order valence-corrected chi connectivity index (χ3v) is 3.39. The number of carboxylic acids is 1. The van der Waals surface area contributed by atoms with E-state index in [0.29, 0.717) is 6.41 Å². The number of halogens is 1. The molecular formula is C14H16ClN3O6S. The molecular weight excluding hydrogens is 374 g/mol. The van der Waals surface area contributed by atoms with Crippen molar-refractivity contribution in [3.63, 3.8) is 0 Å². The smallest absolute Gasteiger partial charge is 0.360 e. The molecule has 25 heavy (non-hydrogen) atoms. The van der Waals surface area contributed by atoms with E-state index < -0.39 is 23.3 Å². The number of nitrogens with one attached hydrogen (secondary N) is 1. The normalized spacial score (nSPS) is 12.1. The van der Waals surface area contributed by atoms with Crippen molar-refractivity contribution in [3.8, 4) is 0 Å². The molecule has 0 radical (unpaired) electrons. The average molecular weight is 390 g/mol. The summed E-state index contributed by atoms with van der Waals surface area (Å²) in [5.74, 6) is -1.90. The summed E-state index contributed by atoms with van der Waals surface area (Å²) in [5.41, 5.74) is -1.30. The van der Waals surface area contributed by atoms with E-state index in [2.05, 4.69) is 15.5 Å². The maximum atomic E-state index is 11.5. The lowest BCUT2D eigenvalue weighted by Gasteiger charge is -2.18. The minimum atomic E-state index is -1.43. The van der Waals surface area contributed by atoms with Gasteiger partial charge in [-0.25, -0.2) is 9.78 Å². The summed E-state index contributed by atoms with van der Waals surface area (Å²) in [6.07, 6.45) is 2.67. The third kappa shape index (κ3) is 7.31. The summed E-state index contributed by atoms with van der Waals surface area (Å²) >= 11 is 6.75. The van der Waals surface area contributed by atoms with E-state index in [1.165, 1.54) is 6.08 Å². The van der Waals surface area contributed by atoms with Crippen molar-refractivity contribution in [2.45, 2.75) is 32.8 Å². The number of carboxylic acid groups (broad SMARTS) is 1. The molecule has 9 nitrogen and oxygen atoms in total. The van der Waals surface area contributed by atoms with E-state index in [1.54, 1.807) is 20.8 Å². The number of hydrogen-bond acceptors (Lipinski definition) is 8. The van der Waals surface area contributed by atoms with Gasteiger partial charge in [0.15, 0.2) is 5.13 Å². The second kappa shape index (κ2) is 9.14. The van der Waals surface area contributed by atoms with Crippen LogP contribution in [0.5, 0.6) is 0 Å². The highest BCUT2D eigenvalue weighted by molar-refractivity contribution is 7.20.